The summed E-state index contributed by atoms with van der Waals surface area (Å²) in [5.41, 5.74) is 1.74. The van der Waals surface area contributed by atoms with Crippen LogP contribution in [0.25, 0.3) is 11.1 Å². The van der Waals surface area contributed by atoms with E-state index >= 15 is 0 Å². The molecule has 1 saturated carbocycles. The van der Waals surface area contributed by atoms with E-state index in [2.05, 4.69) is 12.2 Å². The van der Waals surface area contributed by atoms with E-state index in [9.17, 15) is 9.90 Å². The zero-order valence-electron chi connectivity index (χ0n) is 19.0. The summed E-state index contributed by atoms with van der Waals surface area (Å²) in [4.78, 5) is 16.0. The van der Waals surface area contributed by atoms with Crippen molar-refractivity contribution in [1.82, 2.24) is 10.3 Å². The average Bonchev–Trinajstić information content (AvgIpc) is 3.22. The fraction of sp³-hybridized carbons (Fsp3) is 0.462. The highest BCUT2D eigenvalue weighted by atomic mass is 16.5. The van der Waals surface area contributed by atoms with Crippen LogP contribution in [-0.2, 0) is 4.79 Å². The minimum atomic E-state index is -1.25. The molecular weight excluding hydrogens is 404 g/mol. The lowest BCUT2D eigenvalue weighted by Gasteiger charge is -2.31. The molecule has 0 saturated heterocycles. The topological polar surface area (TPSA) is 84.6 Å². The van der Waals surface area contributed by atoms with Gasteiger partial charge in [0.1, 0.15) is 11.3 Å². The van der Waals surface area contributed by atoms with Gasteiger partial charge in [0.05, 0.1) is 0 Å². The first-order valence-electron chi connectivity index (χ1n) is 11.5. The fourth-order valence-corrected chi connectivity index (χ4v) is 4.41. The largest absolute Gasteiger partial charge is 0.478 e. The second-order valence-electron chi connectivity index (χ2n) is 9.18. The molecule has 0 spiro atoms. The van der Waals surface area contributed by atoms with Crippen LogP contribution in [0.2, 0.25) is 0 Å². The summed E-state index contributed by atoms with van der Waals surface area (Å²) in [7, 11) is 0. The normalized spacial score (nSPS) is 20.2. The van der Waals surface area contributed by atoms with Gasteiger partial charge in [-0.1, -0.05) is 31.2 Å². The number of hydrogen-bond donors (Lipinski definition) is 2. The number of carbonyl (C=O) groups is 1. The monoisotopic (exact) mass is 436 g/mol. The minimum Gasteiger partial charge on any atom is -0.478 e. The van der Waals surface area contributed by atoms with Crippen LogP contribution in [0.4, 0.5) is 0 Å². The molecular formula is C26H32N2O4. The van der Waals surface area contributed by atoms with Crippen LogP contribution in [0, 0.1) is 0 Å². The molecule has 0 amide bonds. The minimum absolute atomic E-state index is 0.252. The molecule has 3 aromatic rings. The quantitative estimate of drug-likeness (QED) is 0.462. The standard InChI is InChI=1S/C26H32N2O4/c1-4-21(17-11-15-20(16-12-17)32-26(2,3)25(29)30)27-19-13-9-18(10-14-19)24-28-22-7-5-6-8-23(22)31-24/h5-8,11-12,15-16,18-19,21,27H,4,9-10,13-14H2,1-3H3,(H,29,30). The summed E-state index contributed by atoms with van der Waals surface area (Å²) in [6.45, 7) is 5.29. The predicted molar refractivity (Wildman–Crippen MR) is 124 cm³/mol. The third kappa shape index (κ3) is 4.96. The van der Waals surface area contributed by atoms with Gasteiger partial charge < -0.3 is 19.6 Å². The maximum absolute atomic E-state index is 11.3. The van der Waals surface area contributed by atoms with E-state index in [-0.39, 0.29) is 6.04 Å². The molecule has 1 aliphatic carbocycles. The van der Waals surface area contributed by atoms with Gasteiger partial charge in [-0.3, -0.25) is 0 Å². The lowest BCUT2D eigenvalue weighted by molar-refractivity contribution is -0.152. The van der Waals surface area contributed by atoms with Gasteiger partial charge in [0.2, 0.25) is 0 Å². The summed E-state index contributed by atoms with van der Waals surface area (Å²) in [6.07, 6.45) is 5.30. The zero-order valence-corrected chi connectivity index (χ0v) is 19.0. The van der Waals surface area contributed by atoms with E-state index in [1.807, 2.05) is 48.5 Å². The van der Waals surface area contributed by atoms with Gasteiger partial charge in [0.15, 0.2) is 17.1 Å². The van der Waals surface area contributed by atoms with Crippen LogP contribution in [0.1, 0.15) is 76.3 Å². The van der Waals surface area contributed by atoms with Gasteiger partial charge >= 0.3 is 5.97 Å². The Morgan fingerprint density at radius 1 is 1.16 bits per heavy atom. The molecule has 1 atom stereocenters. The second kappa shape index (κ2) is 9.33. The first-order chi connectivity index (χ1) is 15.4. The lowest BCUT2D eigenvalue weighted by Crippen LogP contribution is -2.38. The first kappa shape index (κ1) is 22.3. The number of rotatable bonds is 8. The summed E-state index contributed by atoms with van der Waals surface area (Å²) in [5.74, 6) is 0.837. The van der Waals surface area contributed by atoms with Gasteiger partial charge in [-0.05, 0) is 75.8 Å². The highest BCUT2D eigenvalue weighted by Gasteiger charge is 2.30. The molecule has 6 heteroatoms. The Morgan fingerprint density at radius 3 is 2.47 bits per heavy atom. The van der Waals surface area contributed by atoms with Crippen LogP contribution in [0.3, 0.4) is 0 Å². The van der Waals surface area contributed by atoms with Crippen molar-refractivity contribution in [2.24, 2.45) is 0 Å². The molecule has 1 unspecified atom stereocenters. The number of carboxylic acid groups (broad SMARTS) is 1. The van der Waals surface area contributed by atoms with Crippen molar-refractivity contribution in [2.45, 2.75) is 76.5 Å². The van der Waals surface area contributed by atoms with Crippen molar-refractivity contribution >= 4 is 17.1 Å². The Labute approximate surface area is 189 Å². The SMILES string of the molecule is CCC(NC1CCC(c2nc3ccccc3o2)CC1)c1ccc(OC(C)(C)C(=O)O)cc1. The van der Waals surface area contributed by atoms with E-state index < -0.39 is 11.6 Å². The fourth-order valence-electron chi connectivity index (χ4n) is 4.41. The van der Waals surface area contributed by atoms with Crippen molar-refractivity contribution in [2.75, 3.05) is 0 Å². The number of hydrogen-bond acceptors (Lipinski definition) is 5. The second-order valence-corrected chi connectivity index (χ2v) is 9.18. The molecule has 1 aliphatic rings. The lowest BCUT2D eigenvalue weighted by atomic mass is 9.85. The van der Waals surface area contributed by atoms with E-state index in [4.69, 9.17) is 14.1 Å². The Morgan fingerprint density at radius 2 is 1.84 bits per heavy atom. The number of carboxylic acids is 1. The molecule has 1 aromatic heterocycles. The number of nitrogens with zero attached hydrogens (tertiary/aromatic N) is 1. The number of benzene rings is 2. The maximum Gasteiger partial charge on any atom is 0.347 e. The van der Waals surface area contributed by atoms with Crippen LogP contribution in [0.5, 0.6) is 5.75 Å². The summed E-state index contributed by atoms with van der Waals surface area (Å²) >= 11 is 0. The molecule has 6 nitrogen and oxygen atoms in total. The van der Waals surface area contributed by atoms with Crippen molar-refractivity contribution < 1.29 is 19.1 Å². The number of nitrogens with one attached hydrogen (secondary N) is 1. The Bertz CT molecular complexity index is 1020. The van der Waals surface area contributed by atoms with Crippen LogP contribution in [0.15, 0.2) is 52.9 Å². The highest BCUT2D eigenvalue weighted by Crippen LogP contribution is 2.35. The van der Waals surface area contributed by atoms with E-state index in [0.717, 1.165) is 49.1 Å². The Kier molecular flexibility index (Phi) is 6.51. The number of fused-ring (bicyclic) bond motifs is 1. The van der Waals surface area contributed by atoms with Gasteiger partial charge in [-0.25, -0.2) is 9.78 Å². The summed E-state index contributed by atoms with van der Waals surface area (Å²) < 4.78 is 11.6. The van der Waals surface area contributed by atoms with Crippen LogP contribution < -0.4 is 10.1 Å². The highest BCUT2D eigenvalue weighted by molar-refractivity contribution is 5.76. The maximum atomic E-state index is 11.3. The van der Waals surface area contributed by atoms with Crippen LogP contribution >= 0.6 is 0 Å². The smallest absolute Gasteiger partial charge is 0.347 e. The molecule has 32 heavy (non-hydrogen) atoms. The van der Waals surface area contributed by atoms with Gasteiger partial charge in [-0.15, -0.1) is 0 Å². The zero-order chi connectivity index (χ0) is 22.7. The van der Waals surface area contributed by atoms with E-state index in [0.29, 0.717) is 17.7 Å². The number of aliphatic carboxylic acids is 1. The average molecular weight is 437 g/mol. The molecule has 0 radical (unpaired) electrons. The van der Waals surface area contributed by atoms with Gasteiger partial charge in [0.25, 0.3) is 0 Å². The van der Waals surface area contributed by atoms with Crippen molar-refractivity contribution in [3.63, 3.8) is 0 Å². The summed E-state index contributed by atoms with van der Waals surface area (Å²) in [5, 5.41) is 13.1. The summed E-state index contributed by atoms with van der Waals surface area (Å²) in [6, 6.07) is 16.4. The molecule has 2 aromatic carbocycles. The number of oxazole rings is 1. The predicted octanol–water partition coefficient (Wildman–Crippen LogP) is 5.84. The number of ether oxygens (including phenoxy) is 1. The van der Waals surface area contributed by atoms with Crippen LogP contribution in [-0.4, -0.2) is 27.7 Å². The van der Waals surface area contributed by atoms with Crippen molar-refractivity contribution in [3.05, 3.63) is 60.0 Å². The molecule has 2 N–H and O–H groups in total. The number of aromatic nitrogens is 1. The molecule has 1 fully saturated rings. The van der Waals surface area contributed by atoms with Crippen molar-refractivity contribution in [1.29, 1.82) is 0 Å². The molecule has 1 heterocycles. The number of para-hydroxylation sites is 2. The molecule has 170 valence electrons. The Balaban J connectivity index is 1.33. The molecule has 0 aliphatic heterocycles. The van der Waals surface area contributed by atoms with Crippen molar-refractivity contribution in [3.8, 4) is 5.75 Å². The van der Waals surface area contributed by atoms with E-state index in [1.165, 1.54) is 5.56 Å². The van der Waals surface area contributed by atoms with E-state index in [1.54, 1.807) is 13.8 Å². The first-order valence-corrected chi connectivity index (χ1v) is 11.5. The third-order valence-electron chi connectivity index (χ3n) is 6.40. The Hall–Kier alpha value is -2.86. The van der Waals surface area contributed by atoms with Gasteiger partial charge in [-0.2, -0.15) is 0 Å². The molecule has 0 bridgehead atoms. The third-order valence-corrected chi connectivity index (χ3v) is 6.40. The van der Waals surface area contributed by atoms with Gasteiger partial charge in [0, 0.05) is 18.0 Å². The molecule has 4 rings (SSSR count).